The van der Waals surface area contributed by atoms with Gasteiger partial charge in [0.25, 0.3) is 5.91 Å². The minimum Gasteiger partial charge on any atom is -0.378 e. The summed E-state index contributed by atoms with van der Waals surface area (Å²) in [7, 11) is 0. The van der Waals surface area contributed by atoms with E-state index >= 15 is 0 Å². The zero-order chi connectivity index (χ0) is 22.1. The van der Waals surface area contributed by atoms with Gasteiger partial charge in [0.15, 0.2) is 11.3 Å². The number of aryl methyl sites for hydroxylation is 1. The number of pyridine rings is 1. The van der Waals surface area contributed by atoms with E-state index in [0.717, 1.165) is 62.1 Å². The lowest BCUT2D eigenvalue weighted by molar-refractivity contribution is -0.00121. The molecule has 1 amide bonds. The van der Waals surface area contributed by atoms with Crippen molar-refractivity contribution < 1.29 is 9.53 Å². The van der Waals surface area contributed by atoms with Gasteiger partial charge in [-0.3, -0.25) is 14.2 Å². The average Bonchev–Trinajstić information content (AvgIpc) is 3.33. The van der Waals surface area contributed by atoms with E-state index in [1.807, 2.05) is 29.5 Å². The minimum atomic E-state index is -0.130. The highest BCUT2D eigenvalue weighted by Gasteiger charge is 2.44. The first-order valence-electron chi connectivity index (χ1n) is 11.8. The molecule has 0 radical (unpaired) electrons. The highest BCUT2D eigenvalue weighted by molar-refractivity contribution is 5.98. The zero-order valence-electron chi connectivity index (χ0n) is 18.8. The van der Waals surface area contributed by atoms with Crippen molar-refractivity contribution >= 4 is 11.6 Å². The van der Waals surface area contributed by atoms with Crippen LogP contribution in [0.4, 0.5) is 0 Å². The summed E-state index contributed by atoms with van der Waals surface area (Å²) in [5.74, 6) is 0.840. The lowest BCUT2D eigenvalue weighted by Crippen LogP contribution is -2.46. The van der Waals surface area contributed by atoms with E-state index < -0.39 is 0 Å². The Bertz CT molecular complexity index is 1080. The van der Waals surface area contributed by atoms with E-state index in [1.54, 1.807) is 18.7 Å². The fourth-order valence-corrected chi connectivity index (χ4v) is 5.40. The number of rotatable bonds is 7. The first-order chi connectivity index (χ1) is 15.6. The molecule has 5 rings (SSSR count). The lowest BCUT2D eigenvalue weighted by atomic mass is 9.82. The molecule has 3 heterocycles. The molecule has 32 heavy (non-hydrogen) atoms. The number of amides is 1. The van der Waals surface area contributed by atoms with E-state index in [2.05, 4.69) is 22.2 Å². The molecule has 0 aromatic carbocycles. The monoisotopic (exact) mass is 433 g/mol. The zero-order valence-corrected chi connectivity index (χ0v) is 18.8. The van der Waals surface area contributed by atoms with Crippen LogP contribution < -0.4 is 5.32 Å². The third-order valence-corrected chi connectivity index (χ3v) is 7.07. The van der Waals surface area contributed by atoms with Gasteiger partial charge in [0.05, 0.1) is 11.8 Å². The molecule has 2 fully saturated rings. The van der Waals surface area contributed by atoms with Gasteiger partial charge in [-0.15, -0.1) is 0 Å². The van der Waals surface area contributed by atoms with Crippen LogP contribution in [0.15, 0.2) is 36.9 Å². The van der Waals surface area contributed by atoms with Gasteiger partial charge < -0.3 is 10.1 Å². The SMILES string of the molecule is CCCCOC1C[C@H]2CC[C@@H](C1)C2NC(=O)c1ncn2c(C)cc(-c3cccnc3)nc12. The van der Waals surface area contributed by atoms with Crippen molar-refractivity contribution in [2.24, 2.45) is 11.8 Å². The fourth-order valence-electron chi connectivity index (χ4n) is 5.40. The van der Waals surface area contributed by atoms with Crippen LogP contribution in [0, 0.1) is 18.8 Å². The molecular weight excluding hydrogens is 402 g/mol. The first-order valence-corrected chi connectivity index (χ1v) is 11.8. The van der Waals surface area contributed by atoms with Crippen molar-refractivity contribution in [3.8, 4) is 11.3 Å². The van der Waals surface area contributed by atoms with Crippen LogP contribution in [0.1, 0.15) is 61.6 Å². The number of ether oxygens (including phenoxy) is 1. The van der Waals surface area contributed by atoms with Gasteiger partial charge in [0.1, 0.15) is 6.33 Å². The largest absolute Gasteiger partial charge is 0.378 e. The van der Waals surface area contributed by atoms with Crippen molar-refractivity contribution in [2.75, 3.05) is 6.61 Å². The number of nitrogens with zero attached hydrogens (tertiary/aromatic N) is 4. The molecule has 2 aliphatic carbocycles. The van der Waals surface area contributed by atoms with Crippen LogP contribution in [0.3, 0.4) is 0 Å². The first kappa shape index (κ1) is 21.1. The van der Waals surface area contributed by atoms with Crippen molar-refractivity contribution in [3.63, 3.8) is 0 Å². The normalized spacial score (nSPS) is 24.7. The summed E-state index contributed by atoms with van der Waals surface area (Å²) in [4.78, 5) is 26.7. The standard InChI is InChI=1S/C25H31N5O2/c1-3-4-10-32-20-12-17-7-8-18(13-20)22(17)29-25(31)23-24-28-21(19-6-5-9-26-14-19)11-16(2)30(24)15-27-23/h5-6,9,11,14-15,17-18,20,22H,3-4,7-8,10,12-13H2,1-2H3,(H,29,31)/t17-,18+,20?,22?. The molecular formula is C25H31N5O2. The maximum absolute atomic E-state index is 13.3. The van der Waals surface area contributed by atoms with Crippen LogP contribution in [0.5, 0.6) is 0 Å². The van der Waals surface area contributed by atoms with Crippen molar-refractivity contribution in [1.82, 2.24) is 24.7 Å². The van der Waals surface area contributed by atoms with Crippen LogP contribution in [0.25, 0.3) is 16.9 Å². The summed E-state index contributed by atoms with van der Waals surface area (Å²) in [5.41, 5.74) is 3.67. The van der Waals surface area contributed by atoms with Gasteiger partial charge in [-0.05, 0) is 69.1 Å². The molecule has 168 valence electrons. The molecule has 0 aliphatic heterocycles. The number of imidazole rings is 1. The fraction of sp³-hybridized carbons (Fsp3) is 0.520. The van der Waals surface area contributed by atoms with Gasteiger partial charge in [-0.2, -0.15) is 0 Å². The Morgan fingerprint density at radius 3 is 2.81 bits per heavy atom. The quantitative estimate of drug-likeness (QED) is 0.565. The number of hydrogen-bond acceptors (Lipinski definition) is 5. The summed E-state index contributed by atoms with van der Waals surface area (Å²) < 4.78 is 7.99. The van der Waals surface area contributed by atoms with Crippen LogP contribution in [-0.2, 0) is 4.74 Å². The number of carbonyl (C=O) groups excluding carboxylic acids is 1. The second-order valence-corrected chi connectivity index (χ2v) is 9.23. The average molecular weight is 434 g/mol. The number of nitrogens with one attached hydrogen (secondary N) is 1. The van der Waals surface area contributed by atoms with Gasteiger partial charge in [0.2, 0.25) is 0 Å². The molecule has 2 saturated carbocycles. The van der Waals surface area contributed by atoms with Crippen LogP contribution >= 0.6 is 0 Å². The second-order valence-electron chi connectivity index (χ2n) is 9.23. The third-order valence-electron chi connectivity index (χ3n) is 7.07. The van der Waals surface area contributed by atoms with Crippen LogP contribution in [0.2, 0.25) is 0 Å². The molecule has 0 saturated heterocycles. The van der Waals surface area contributed by atoms with E-state index in [1.165, 1.54) is 0 Å². The number of carbonyl (C=O) groups is 1. The summed E-state index contributed by atoms with van der Waals surface area (Å²) in [6, 6.07) is 6.06. The highest BCUT2D eigenvalue weighted by atomic mass is 16.5. The Kier molecular flexibility index (Phi) is 5.91. The summed E-state index contributed by atoms with van der Waals surface area (Å²) in [6.07, 6.45) is 12.2. The predicted octanol–water partition coefficient (Wildman–Crippen LogP) is 4.20. The number of aromatic nitrogens is 4. The summed E-state index contributed by atoms with van der Waals surface area (Å²) in [6.45, 7) is 5.04. The van der Waals surface area contributed by atoms with Crippen molar-refractivity contribution in [1.29, 1.82) is 0 Å². The summed E-state index contributed by atoms with van der Waals surface area (Å²) >= 11 is 0. The molecule has 1 N–H and O–H groups in total. The maximum atomic E-state index is 13.3. The molecule has 3 aromatic rings. The summed E-state index contributed by atoms with van der Waals surface area (Å²) in [5, 5.41) is 3.32. The van der Waals surface area contributed by atoms with E-state index in [4.69, 9.17) is 9.72 Å². The maximum Gasteiger partial charge on any atom is 0.274 e. The molecule has 7 heteroatoms. The number of hydrogen-bond donors (Lipinski definition) is 1. The molecule has 2 bridgehead atoms. The molecule has 3 aromatic heterocycles. The number of unbranched alkanes of at least 4 members (excludes halogenated alkanes) is 1. The van der Waals surface area contributed by atoms with Crippen LogP contribution in [-0.4, -0.2) is 44.0 Å². The van der Waals surface area contributed by atoms with Crippen molar-refractivity contribution in [3.05, 3.63) is 48.3 Å². The number of fused-ring (bicyclic) bond motifs is 3. The highest BCUT2D eigenvalue weighted by Crippen LogP contribution is 2.43. The Morgan fingerprint density at radius 2 is 2.09 bits per heavy atom. The van der Waals surface area contributed by atoms with Gasteiger partial charge in [-0.25, -0.2) is 9.97 Å². The Hall–Kier alpha value is -2.80. The van der Waals surface area contributed by atoms with E-state index in [9.17, 15) is 4.79 Å². The molecule has 7 nitrogen and oxygen atoms in total. The lowest BCUT2D eigenvalue weighted by Gasteiger charge is -2.35. The smallest absolute Gasteiger partial charge is 0.274 e. The molecule has 2 unspecified atom stereocenters. The van der Waals surface area contributed by atoms with E-state index in [0.29, 0.717) is 29.3 Å². The van der Waals surface area contributed by atoms with Gasteiger partial charge in [-0.1, -0.05) is 13.3 Å². The van der Waals surface area contributed by atoms with Crippen molar-refractivity contribution in [2.45, 2.75) is 64.5 Å². The molecule has 2 aliphatic rings. The predicted molar refractivity (Wildman–Crippen MR) is 122 cm³/mol. The van der Waals surface area contributed by atoms with Gasteiger partial charge in [0, 0.05) is 36.3 Å². The Balaban J connectivity index is 1.34. The Morgan fingerprint density at radius 1 is 1.28 bits per heavy atom. The molecule has 0 spiro atoms. The minimum absolute atomic E-state index is 0.130. The molecule has 4 atom stereocenters. The van der Waals surface area contributed by atoms with Gasteiger partial charge >= 0.3 is 0 Å². The topological polar surface area (TPSA) is 81.4 Å². The Labute approximate surface area is 188 Å². The van der Waals surface area contributed by atoms with E-state index in [-0.39, 0.29) is 11.9 Å². The second kappa shape index (κ2) is 8.98. The third kappa shape index (κ3) is 4.01.